The third kappa shape index (κ3) is 4.89. The Kier molecular flexibility index (Phi) is 6.83. The molecule has 0 spiro atoms. The number of methoxy groups -OCH3 is 1. The van der Waals surface area contributed by atoms with Crippen LogP contribution in [0.25, 0.3) is 11.5 Å². The summed E-state index contributed by atoms with van der Waals surface area (Å²) >= 11 is 12.0. The van der Waals surface area contributed by atoms with Crippen LogP contribution in [0.1, 0.15) is 0 Å². The summed E-state index contributed by atoms with van der Waals surface area (Å²) in [6.45, 7) is 2.49. The Labute approximate surface area is 219 Å². The van der Waals surface area contributed by atoms with Crippen LogP contribution in [0.3, 0.4) is 0 Å². The van der Waals surface area contributed by atoms with Gasteiger partial charge in [-0.05, 0) is 72.8 Å². The van der Waals surface area contributed by atoms with Gasteiger partial charge in [0.2, 0.25) is 26.6 Å². The average Bonchev–Trinajstić information content (AvgIpc) is 3.36. The van der Waals surface area contributed by atoms with Crippen LogP contribution in [0.5, 0.6) is 5.75 Å². The lowest BCUT2D eigenvalue weighted by Gasteiger charge is -2.36. The van der Waals surface area contributed by atoms with Crippen molar-refractivity contribution >= 4 is 44.6 Å². The standard InChI is InChI=1S/C26H23Cl2N3O4S/c1-34-22-10-8-21(9-11-22)30-14-16-31(17-15-30)26-25(36(32,33)23-12-6-20(28)7-13-23)29-24(35-26)18-2-4-19(27)5-3-18/h2-13H,14-17H2,1H3. The third-order valence-electron chi connectivity index (χ3n) is 6.05. The zero-order valence-corrected chi connectivity index (χ0v) is 21.7. The van der Waals surface area contributed by atoms with Crippen molar-refractivity contribution in [1.82, 2.24) is 4.98 Å². The Morgan fingerprint density at radius 2 is 1.36 bits per heavy atom. The fourth-order valence-corrected chi connectivity index (χ4v) is 5.65. The molecule has 0 saturated carbocycles. The molecule has 0 amide bonds. The first-order chi connectivity index (χ1) is 17.3. The highest BCUT2D eigenvalue weighted by Crippen LogP contribution is 2.36. The number of hydrogen-bond acceptors (Lipinski definition) is 7. The second-order valence-corrected chi connectivity index (χ2v) is 11.0. The smallest absolute Gasteiger partial charge is 0.236 e. The van der Waals surface area contributed by atoms with Crippen LogP contribution >= 0.6 is 23.2 Å². The lowest BCUT2D eigenvalue weighted by atomic mass is 10.2. The average molecular weight is 544 g/mol. The van der Waals surface area contributed by atoms with Gasteiger partial charge in [0, 0.05) is 47.5 Å². The van der Waals surface area contributed by atoms with Gasteiger partial charge in [-0.15, -0.1) is 0 Å². The van der Waals surface area contributed by atoms with Crippen molar-refractivity contribution in [3.05, 3.63) is 82.8 Å². The normalized spacial score (nSPS) is 14.2. The number of ether oxygens (including phenoxy) is 1. The van der Waals surface area contributed by atoms with E-state index in [4.69, 9.17) is 32.4 Å². The molecule has 10 heteroatoms. The molecule has 7 nitrogen and oxygen atoms in total. The maximum Gasteiger partial charge on any atom is 0.236 e. The maximum atomic E-state index is 13.6. The molecule has 0 aliphatic carbocycles. The van der Waals surface area contributed by atoms with Crippen molar-refractivity contribution in [2.24, 2.45) is 0 Å². The van der Waals surface area contributed by atoms with Crippen molar-refractivity contribution in [3.63, 3.8) is 0 Å². The number of aromatic nitrogens is 1. The predicted molar refractivity (Wildman–Crippen MR) is 141 cm³/mol. The van der Waals surface area contributed by atoms with Crippen molar-refractivity contribution in [1.29, 1.82) is 0 Å². The lowest BCUT2D eigenvalue weighted by molar-refractivity contribution is 0.415. The molecule has 0 bridgehead atoms. The molecule has 0 N–H and O–H groups in total. The molecule has 1 saturated heterocycles. The van der Waals surface area contributed by atoms with Gasteiger partial charge in [0.05, 0.1) is 12.0 Å². The van der Waals surface area contributed by atoms with Crippen molar-refractivity contribution < 1.29 is 17.6 Å². The number of anilines is 2. The van der Waals surface area contributed by atoms with E-state index in [0.29, 0.717) is 41.8 Å². The molecule has 0 radical (unpaired) electrons. The monoisotopic (exact) mass is 543 g/mol. The molecule has 2 heterocycles. The lowest BCUT2D eigenvalue weighted by Crippen LogP contribution is -2.46. The summed E-state index contributed by atoms with van der Waals surface area (Å²) in [5.41, 5.74) is 1.71. The SMILES string of the molecule is COc1ccc(N2CCN(c3oc(-c4ccc(Cl)cc4)nc3S(=O)(=O)c3ccc(Cl)cc3)CC2)cc1. The third-order valence-corrected chi connectivity index (χ3v) is 8.23. The zero-order chi connectivity index (χ0) is 25.3. The minimum atomic E-state index is -3.96. The molecule has 1 aliphatic rings. The second-order valence-electron chi connectivity index (χ2n) is 8.27. The molecule has 0 unspecified atom stereocenters. The van der Waals surface area contributed by atoms with Crippen LogP contribution < -0.4 is 14.5 Å². The molecule has 4 aromatic rings. The van der Waals surface area contributed by atoms with Crippen LogP contribution in [0.4, 0.5) is 11.6 Å². The molecular formula is C26H23Cl2N3O4S. The van der Waals surface area contributed by atoms with Crippen LogP contribution in [0.2, 0.25) is 10.0 Å². The van der Waals surface area contributed by atoms with Gasteiger partial charge in [-0.3, -0.25) is 0 Å². The Balaban J connectivity index is 1.48. The minimum Gasteiger partial charge on any atom is -0.497 e. The van der Waals surface area contributed by atoms with Crippen molar-refractivity contribution in [2.45, 2.75) is 9.92 Å². The van der Waals surface area contributed by atoms with E-state index in [9.17, 15) is 8.42 Å². The molecule has 3 aromatic carbocycles. The van der Waals surface area contributed by atoms with Gasteiger partial charge >= 0.3 is 0 Å². The predicted octanol–water partition coefficient (Wildman–Crippen LogP) is 5.82. The van der Waals surface area contributed by atoms with Gasteiger partial charge < -0.3 is 19.0 Å². The summed E-state index contributed by atoms with van der Waals surface area (Å²) in [4.78, 5) is 8.71. The van der Waals surface area contributed by atoms with Gasteiger partial charge in [0.1, 0.15) is 5.75 Å². The first-order valence-corrected chi connectivity index (χ1v) is 13.5. The zero-order valence-electron chi connectivity index (χ0n) is 19.4. The van der Waals surface area contributed by atoms with Crippen LogP contribution in [-0.4, -0.2) is 46.7 Å². The Hall–Kier alpha value is -3.20. The van der Waals surface area contributed by atoms with Gasteiger partial charge in [-0.2, -0.15) is 4.98 Å². The summed E-state index contributed by atoms with van der Waals surface area (Å²) in [7, 11) is -2.33. The summed E-state index contributed by atoms with van der Waals surface area (Å²) in [6.07, 6.45) is 0. The molecule has 186 valence electrons. The Morgan fingerprint density at radius 3 is 1.94 bits per heavy atom. The highest BCUT2D eigenvalue weighted by molar-refractivity contribution is 7.91. The Morgan fingerprint density at radius 1 is 0.806 bits per heavy atom. The van der Waals surface area contributed by atoms with Gasteiger partial charge in [0.15, 0.2) is 0 Å². The molecule has 36 heavy (non-hydrogen) atoms. The van der Waals surface area contributed by atoms with Gasteiger partial charge in [0.25, 0.3) is 0 Å². The molecular weight excluding hydrogens is 521 g/mol. The number of piperazine rings is 1. The topological polar surface area (TPSA) is 75.9 Å². The number of halogens is 2. The van der Waals surface area contributed by atoms with E-state index in [1.54, 1.807) is 43.5 Å². The highest BCUT2D eigenvalue weighted by Gasteiger charge is 2.33. The van der Waals surface area contributed by atoms with Gasteiger partial charge in [-0.1, -0.05) is 23.2 Å². The summed E-state index contributed by atoms with van der Waals surface area (Å²) in [6, 6.07) is 20.8. The van der Waals surface area contributed by atoms with E-state index < -0.39 is 9.84 Å². The van der Waals surface area contributed by atoms with E-state index in [0.717, 1.165) is 11.4 Å². The van der Waals surface area contributed by atoms with Crippen molar-refractivity contribution in [3.8, 4) is 17.2 Å². The van der Waals surface area contributed by atoms with E-state index in [1.807, 2.05) is 29.2 Å². The van der Waals surface area contributed by atoms with Crippen molar-refractivity contribution in [2.75, 3.05) is 43.1 Å². The molecule has 1 aliphatic heterocycles. The maximum absolute atomic E-state index is 13.6. The fraction of sp³-hybridized carbons (Fsp3) is 0.192. The van der Waals surface area contributed by atoms with Crippen LogP contribution in [0.15, 0.2) is 87.1 Å². The summed E-state index contributed by atoms with van der Waals surface area (Å²) in [5.74, 6) is 1.24. The molecule has 1 fully saturated rings. The minimum absolute atomic E-state index is 0.0981. The number of benzene rings is 3. The molecule has 5 rings (SSSR count). The Bertz CT molecular complexity index is 1450. The fourth-order valence-electron chi connectivity index (χ4n) is 4.08. The van der Waals surface area contributed by atoms with Crippen LogP contribution in [-0.2, 0) is 9.84 Å². The number of sulfone groups is 1. The van der Waals surface area contributed by atoms with E-state index in [1.165, 1.54) is 12.1 Å². The number of oxazole rings is 1. The van der Waals surface area contributed by atoms with Crippen LogP contribution in [0, 0.1) is 0 Å². The highest BCUT2D eigenvalue weighted by atomic mass is 35.5. The first-order valence-electron chi connectivity index (χ1n) is 11.3. The van der Waals surface area contributed by atoms with Gasteiger partial charge in [-0.25, -0.2) is 8.42 Å². The molecule has 0 atom stereocenters. The number of nitrogens with zero attached hydrogens (tertiary/aromatic N) is 3. The first kappa shape index (κ1) is 24.5. The number of rotatable bonds is 6. The summed E-state index contributed by atoms with van der Waals surface area (Å²) in [5, 5.41) is 0.896. The van der Waals surface area contributed by atoms with E-state index in [-0.39, 0.29) is 21.7 Å². The van der Waals surface area contributed by atoms with E-state index in [2.05, 4.69) is 9.88 Å². The van der Waals surface area contributed by atoms with E-state index >= 15 is 0 Å². The second kappa shape index (κ2) is 10.0. The largest absolute Gasteiger partial charge is 0.497 e. The summed E-state index contributed by atoms with van der Waals surface area (Å²) < 4.78 is 38.6. The number of hydrogen-bond donors (Lipinski definition) is 0. The quantitative estimate of drug-likeness (QED) is 0.303. The molecule has 1 aromatic heterocycles.